The maximum absolute atomic E-state index is 10.9. The van der Waals surface area contributed by atoms with Gasteiger partial charge < -0.3 is 9.84 Å². The van der Waals surface area contributed by atoms with Gasteiger partial charge in [0.25, 0.3) is 0 Å². The van der Waals surface area contributed by atoms with Crippen molar-refractivity contribution in [3.8, 4) is 5.75 Å². The van der Waals surface area contributed by atoms with E-state index >= 15 is 0 Å². The van der Waals surface area contributed by atoms with Gasteiger partial charge in [-0.3, -0.25) is 0 Å². The minimum atomic E-state index is -0.946. The summed E-state index contributed by atoms with van der Waals surface area (Å²) in [5, 5.41) is 8.98. The molecule has 0 aliphatic rings. The number of carboxylic acids is 1. The second-order valence-electron chi connectivity index (χ2n) is 3.42. The molecule has 0 atom stereocenters. The van der Waals surface area contributed by atoms with Crippen molar-refractivity contribution < 1.29 is 14.6 Å². The molecule has 0 bridgehead atoms. The van der Waals surface area contributed by atoms with E-state index in [1.54, 1.807) is 25.1 Å². The van der Waals surface area contributed by atoms with Gasteiger partial charge in [0.2, 0.25) is 0 Å². The second-order valence-corrected chi connectivity index (χ2v) is 3.42. The van der Waals surface area contributed by atoms with Crippen LogP contribution in [0.1, 0.15) is 29.8 Å². The summed E-state index contributed by atoms with van der Waals surface area (Å²) >= 11 is 0. The molecule has 1 N–H and O–H groups in total. The highest BCUT2D eigenvalue weighted by atomic mass is 16.5. The molecule has 3 heteroatoms. The van der Waals surface area contributed by atoms with Crippen LogP contribution in [0.3, 0.4) is 0 Å². The predicted molar refractivity (Wildman–Crippen MR) is 53.9 cm³/mol. The first-order chi connectivity index (χ1) is 6.52. The minimum Gasteiger partial charge on any atom is -0.490 e. The van der Waals surface area contributed by atoms with E-state index in [0.29, 0.717) is 5.75 Å². The molecule has 0 aromatic heterocycles. The van der Waals surface area contributed by atoms with Crippen LogP contribution in [-0.2, 0) is 0 Å². The Labute approximate surface area is 83.3 Å². The van der Waals surface area contributed by atoms with E-state index in [1.807, 2.05) is 13.8 Å². The summed E-state index contributed by atoms with van der Waals surface area (Å²) in [7, 11) is 0. The highest BCUT2D eigenvalue weighted by molar-refractivity contribution is 5.92. The van der Waals surface area contributed by atoms with Gasteiger partial charge in [0.05, 0.1) is 6.10 Å². The predicted octanol–water partition coefficient (Wildman–Crippen LogP) is 2.48. The molecule has 0 amide bonds. The lowest BCUT2D eigenvalue weighted by Gasteiger charge is -2.13. The first-order valence-electron chi connectivity index (χ1n) is 4.52. The van der Waals surface area contributed by atoms with Gasteiger partial charge in [-0.1, -0.05) is 12.1 Å². The van der Waals surface area contributed by atoms with Gasteiger partial charge in [-0.2, -0.15) is 0 Å². The zero-order valence-corrected chi connectivity index (χ0v) is 8.57. The fraction of sp³-hybridized carbons (Fsp3) is 0.364. The molecular formula is C11H14O3. The average molecular weight is 194 g/mol. The van der Waals surface area contributed by atoms with Crippen molar-refractivity contribution in [2.45, 2.75) is 26.9 Å². The largest absolute Gasteiger partial charge is 0.490 e. The van der Waals surface area contributed by atoms with Gasteiger partial charge in [0.1, 0.15) is 11.3 Å². The van der Waals surface area contributed by atoms with Crippen molar-refractivity contribution in [1.29, 1.82) is 0 Å². The zero-order chi connectivity index (χ0) is 10.7. The first-order valence-corrected chi connectivity index (χ1v) is 4.52. The van der Waals surface area contributed by atoms with E-state index in [0.717, 1.165) is 5.56 Å². The maximum Gasteiger partial charge on any atom is 0.339 e. The van der Waals surface area contributed by atoms with Crippen LogP contribution in [-0.4, -0.2) is 17.2 Å². The highest BCUT2D eigenvalue weighted by Gasteiger charge is 2.14. The smallest absolute Gasteiger partial charge is 0.339 e. The van der Waals surface area contributed by atoms with Crippen LogP contribution in [0.5, 0.6) is 5.75 Å². The Morgan fingerprint density at radius 1 is 1.43 bits per heavy atom. The Morgan fingerprint density at radius 3 is 2.57 bits per heavy atom. The van der Waals surface area contributed by atoms with Gasteiger partial charge in [0.15, 0.2) is 0 Å². The molecule has 1 aromatic carbocycles. The molecular weight excluding hydrogens is 180 g/mol. The molecule has 0 heterocycles. The average Bonchev–Trinajstić information content (AvgIpc) is 2.01. The van der Waals surface area contributed by atoms with Gasteiger partial charge in [-0.25, -0.2) is 4.79 Å². The summed E-state index contributed by atoms with van der Waals surface area (Å²) < 4.78 is 5.41. The van der Waals surface area contributed by atoms with Gasteiger partial charge in [-0.15, -0.1) is 0 Å². The molecule has 76 valence electrons. The third-order valence-electron chi connectivity index (χ3n) is 1.81. The summed E-state index contributed by atoms with van der Waals surface area (Å²) in [5.41, 5.74) is 0.969. The molecule has 0 aliphatic heterocycles. The van der Waals surface area contributed by atoms with E-state index in [4.69, 9.17) is 9.84 Å². The van der Waals surface area contributed by atoms with E-state index in [-0.39, 0.29) is 11.7 Å². The molecule has 0 saturated carbocycles. The number of rotatable bonds is 3. The molecule has 0 aliphatic carbocycles. The van der Waals surface area contributed by atoms with Gasteiger partial charge in [-0.05, 0) is 32.4 Å². The molecule has 3 nitrogen and oxygen atoms in total. The Kier molecular flexibility index (Phi) is 3.12. The quantitative estimate of drug-likeness (QED) is 0.804. The molecule has 0 radical (unpaired) electrons. The van der Waals surface area contributed by atoms with E-state index in [2.05, 4.69) is 0 Å². The summed E-state index contributed by atoms with van der Waals surface area (Å²) in [6.07, 6.45) is -0.0186. The zero-order valence-electron chi connectivity index (χ0n) is 8.57. The summed E-state index contributed by atoms with van der Waals surface area (Å²) in [6.45, 7) is 5.50. The summed E-state index contributed by atoms with van der Waals surface area (Å²) in [5.74, 6) is -0.508. The maximum atomic E-state index is 10.9. The van der Waals surface area contributed by atoms with Crippen LogP contribution in [0.4, 0.5) is 0 Å². The topological polar surface area (TPSA) is 46.5 Å². The monoisotopic (exact) mass is 194 g/mol. The number of ether oxygens (including phenoxy) is 1. The minimum absolute atomic E-state index is 0.0186. The Balaban J connectivity index is 3.14. The number of carboxylic acid groups (broad SMARTS) is 1. The van der Waals surface area contributed by atoms with Gasteiger partial charge >= 0.3 is 5.97 Å². The number of aromatic carboxylic acids is 1. The molecule has 0 fully saturated rings. The van der Waals surface area contributed by atoms with E-state index < -0.39 is 5.97 Å². The van der Waals surface area contributed by atoms with Crippen LogP contribution in [0.25, 0.3) is 0 Å². The van der Waals surface area contributed by atoms with Crippen LogP contribution < -0.4 is 4.74 Å². The Bertz CT molecular complexity index is 342. The molecule has 0 unspecified atom stereocenters. The lowest BCUT2D eigenvalue weighted by molar-refractivity contribution is 0.0689. The van der Waals surface area contributed by atoms with E-state index in [1.165, 1.54) is 0 Å². The standard InChI is InChI=1S/C11H14O3/c1-7(2)14-9-6-4-5-8(3)10(9)11(12)13/h4-7H,1-3H3,(H,12,13). The molecule has 0 saturated heterocycles. The summed E-state index contributed by atoms with van der Waals surface area (Å²) in [6, 6.07) is 5.23. The lowest BCUT2D eigenvalue weighted by Crippen LogP contribution is -2.10. The van der Waals surface area contributed by atoms with Crippen molar-refractivity contribution in [3.63, 3.8) is 0 Å². The molecule has 1 rings (SSSR count). The number of hydrogen-bond acceptors (Lipinski definition) is 2. The van der Waals surface area contributed by atoms with Crippen molar-refractivity contribution in [1.82, 2.24) is 0 Å². The van der Waals surface area contributed by atoms with Crippen molar-refractivity contribution in [3.05, 3.63) is 29.3 Å². The second kappa shape index (κ2) is 4.13. The number of aryl methyl sites for hydroxylation is 1. The van der Waals surface area contributed by atoms with Gasteiger partial charge in [0, 0.05) is 0 Å². The van der Waals surface area contributed by atoms with Crippen molar-refractivity contribution >= 4 is 5.97 Å². The third-order valence-corrected chi connectivity index (χ3v) is 1.81. The number of hydrogen-bond donors (Lipinski definition) is 1. The fourth-order valence-electron chi connectivity index (χ4n) is 1.27. The number of carbonyl (C=O) groups is 1. The van der Waals surface area contributed by atoms with Crippen molar-refractivity contribution in [2.24, 2.45) is 0 Å². The highest BCUT2D eigenvalue weighted by Crippen LogP contribution is 2.22. The van der Waals surface area contributed by atoms with Crippen LogP contribution in [0.15, 0.2) is 18.2 Å². The SMILES string of the molecule is Cc1cccc(OC(C)C)c1C(=O)O. The molecule has 1 aromatic rings. The van der Waals surface area contributed by atoms with E-state index in [9.17, 15) is 4.79 Å². The fourth-order valence-corrected chi connectivity index (χ4v) is 1.27. The molecule has 14 heavy (non-hydrogen) atoms. The van der Waals surface area contributed by atoms with Crippen molar-refractivity contribution in [2.75, 3.05) is 0 Å². The van der Waals surface area contributed by atoms with Crippen LogP contribution in [0.2, 0.25) is 0 Å². The molecule has 0 spiro atoms. The first kappa shape index (κ1) is 10.6. The normalized spacial score (nSPS) is 10.3. The van der Waals surface area contributed by atoms with Crippen LogP contribution >= 0.6 is 0 Å². The third kappa shape index (κ3) is 2.25. The summed E-state index contributed by atoms with van der Waals surface area (Å²) in [4.78, 5) is 10.9. The Morgan fingerprint density at radius 2 is 2.07 bits per heavy atom. The number of benzene rings is 1. The van der Waals surface area contributed by atoms with Crippen LogP contribution in [0, 0.1) is 6.92 Å². The lowest BCUT2D eigenvalue weighted by atomic mass is 10.1. The Hall–Kier alpha value is -1.51.